The van der Waals surface area contributed by atoms with Gasteiger partial charge in [-0.15, -0.1) is 0 Å². The SMILES string of the molecule is COc1ccc(CCNC(=O)C2CCC(C(=O)Nc3ccc(F)cc3)CC2)cc1. The molecular formula is C23H27FN2O3. The fourth-order valence-electron chi connectivity index (χ4n) is 3.66. The molecule has 3 rings (SSSR count). The van der Waals surface area contributed by atoms with Gasteiger partial charge < -0.3 is 15.4 Å². The first-order chi connectivity index (χ1) is 14.0. The van der Waals surface area contributed by atoms with Gasteiger partial charge in [0.25, 0.3) is 0 Å². The molecule has 2 N–H and O–H groups in total. The molecule has 0 aromatic heterocycles. The van der Waals surface area contributed by atoms with Gasteiger partial charge in [0.05, 0.1) is 7.11 Å². The van der Waals surface area contributed by atoms with E-state index >= 15 is 0 Å². The Morgan fingerprint density at radius 2 is 1.52 bits per heavy atom. The van der Waals surface area contributed by atoms with E-state index in [1.54, 1.807) is 19.2 Å². The Morgan fingerprint density at radius 1 is 0.931 bits per heavy atom. The van der Waals surface area contributed by atoms with Gasteiger partial charge in [-0.25, -0.2) is 4.39 Å². The maximum atomic E-state index is 13.0. The molecule has 0 spiro atoms. The van der Waals surface area contributed by atoms with E-state index in [0.717, 1.165) is 17.7 Å². The summed E-state index contributed by atoms with van der Waals surface area (Å²) in [6.45, 7) is 0.593. The zero-order valence-corrected chi connectivity index (χ0v) is 16.6. The number of ether oxygens (including phenoxy) is 1. The summed E-state index contributed by atoms with van der Waals surface area (Å²) in [5, 5.41) is 5.84. The highest BCUT2D eigenvalue weighted by Gasteiger charge is 2.29. The lowest BCUT2D eigenvalue weighted by Crippen LogP contribution is -2.36. The van der Waals surface area contributed by atoms with Crippen LogP contribution in [0, 0.1) is 17.7 Å². The summed E-state index contributed by atoms with van der Waals surface area (Å²) in [6, 6.07) is 13.6. The van der Waals surface area contributed by atoms with Crippen molar-refractivity contribution in [2.45, 2.75) is 32.1 Å². The average Bonchev–Trinajstić information content (AvgIpc) is 2.76. The summed E-state index contributed by atoms with van der Waals surface area (Å²) in [7, 11) is 1.64. The van der Waals surface area contributed by atoms with Crippen molar-refractivity contribution in [3.63, 3.8) is 0 Å². The highest BCUT2D eigenvalue weighted by molar-refractivity contribution is 5.92. The first-order valence-electron chi connectivity index (χ1n) is 10.0. The molecule has 2 aromatic carbocycles. The maximum absolute atomic E-state index is 13.0. The first-order valence-corrected chi connectivity index (χ1v) is 10.0. The molecule has 2 aromatic rings. The molecule has 0 bridgehead atoms. The van der Waals surface area contributed by atoms with Gasteiger partial charge in [0.1, 0.15) is 11.6 Å². The zero-order valence-electron chi connectivity index (χ0n) is 16.6. The van der Waals surface area contributed by atoms with Crippen molar-refractivity contribution in [2.75, 3.05) is 19.0 Å². The molecule has 1 fully saturated rings. The van der Waals surface area contributed by atoms with E-state index in [0.29, 0.717) is 37.9 Å². The number of hydrogen-bond acceptors (Lipinski definition) is 3. The average molecular weight is 398 g/mol. The van der Waals surface area contributed by atoms with Crippen LogP contribution in [0.1, 0.15) is 31.2 Å². The molecule has 2 amide bonds. The molecule has 1 aliphatic carbocycles. The number of rotatable bonds is 7. The molecule has 0 saturated heterocycles. The number of nitrogens with one attached hydrogen (secondary N) is 2. The van der Waals surface area contributed by atoms with Gasteiger partial charge in [-0.05, 0) is 74.1 Å². The smallest absolute Gasteiger partial charge is 0.227 e. The Labute approximate surface area is 170 Å². The molecule has 0 aliphatic heterocycles. The maximum Gasteiger partial charge on any atom is 0.227 e. The fourth-order valence-corrected chi connectivity index (χ4v) is 3.66. The van der Waals surface area contributed by atoms with Crippen molar-refractivity contribution in [2.24, 2.45) is 11.8 Å². The van der Waals surface area contributed by atoms with E-state index < -0.39 is 0 Å². The molecule has 0 heterocycles. The lowest BCUT2D eigenvalue weighted by atomic mass is 9.81. The zero-order chi connectivity index (χ0) is 20.6. The largest absolute Gasteiger partial charge is 0.497 e. The second-order valence-corrected chi connectivity index (χ2v) is 7.43. The van der Waals surface area contributed by atoms with Crippen LogP contribution >= 0.6 is 0 Å². The summed E-state index contributed by atoms with van der Waals surface area (Å²) in [4.78, 5) is 24.8. The lowest BCUT2D eigenvalue weighted by Gasteiger charge is -2.27. The third-order valence-corrected chi connectivity index (χ3v) is 5.45. The second-order valence-electron chi connectivity index (χ2n) is 7.43. The Balaban J connectivity index is 1.38. The van der Waals surface area contributed by atoms with Crippen LogP contribution in [-0.2, 0) is 16.0 Å². The molecule has 154 valence electrons. The van der Waals surface area contributed by atoms with Crippen LogP contribution < -0.4 is 15.4 Å². The van der Waals surface area contributed by atoms with E-state index in [1.807, 2.05) is 24.3 Å². The summed E-state index contributed by atoms with van der Waals surface area (Å²) in [5.74, 6) is 0.342. The fraction of sp³-hybridized carbons (Fsp3) is 0.391. The van der Waals surface area contributed by atoms with Crippen molar-refractivity contribution in [1.82, 2.24) is 5.32 Å². The Morgan fingerprint density at radius 3 is 2.10 bits per heavy atom. The van der Waals surface area contributed by atoms with Gasteiger partial charge in [-0.1, -0.05) is 12.1 Å². The molecule has 0 radical (unpaired) electrons. The molecule has 6 heteroatoms. The number of carbonyl (C=O) groups excluding carboxylic acids is 2. The second kappa shape index (κ2) is 10.0. The van der Waals surface area contributed by atoms with Gasteiger partial charge in [-0.2, -0.15) is 0 Å². The number of halogens is 1. The quantitative estimate of drug-likeness (QED) is 0.742. The van der Waals surface area contributed by atoms with Crippen LogP contribution in [0.15, 0.2) is 48.5 Å². The van der Waals surface area contributed by atoms with E-state index in [9.17, 15) is 14.0 Å². The van der Waals surface area contributed by atoms with Crippen molar-refractivity contribution in [1.29, 1.82) is 0 Å². The standard InChI is InChI=1S/C23H27FN2O3/c1-29-21-12-2-16(3-13-21)14-15-25-22(27)17-4-6-18(7-5-17)23(28)26-20-10-8-19(24)9-11-20/h2-3,8-13,17-18H,4-7,14-15H2,1H3,(H,25,27)(H,26,28). The third kappa shape index (κ3) is 6.04. The molecule has 0 unspecified atom stereocenters. The van der Waals surface area contributed by atoms with E-state index in [1.165, 1.54) is 12.1 Å². The minimum atomic E-state index is -0.332. The van der Waals surface area contributed by atoms with Crippen LogP contribution in [0.5, 0.6) is 5.75 Å². The molecule has 5 nitrogen and oxygen atoms in total. The Kier molecular flexibility index (Phi) is 7.22. The van der Waals surface area contributed by atoms with Crippen molar-refractivity contribution in [3.05, 3.63) is 59.9 Å². The monoisotopic (exact) mass is 398 g/mol. The number of anilines is 1. The predicted octanol–water partition coefficient (Wildman–Crippen LogP) is 3.94. The summed E-state index contributed by atoms with van der Waals surface area (Å²) < 4.78 is 18.1. The van der Waals surface area contributed by atoms with Crippen LogP contribution in [0.25, 0.3) is 0 Å². The molecule has 29 heavy (non-hydrogen) atoms. The van der Waals surface area contributed by atoms with Crippen LogP contribution in [0.4, 0.5) is 10.1 Å². The lowest BCUT2D eigenvalue weighted by molar-refractivity contribution is -0.128. The predicted molar refractivity (Wildman–Crippen MR) is 110 cm³/mol. The van der Waals surface area contributed by atoms with Gasteiger partial charge in [0, 0.05) is 24.1 Å². The summed E-state index contributed by atoms with van der Waals surface area (Å²) in [5.41, 5.74) is 1.74. The Bertz CT molecular complexity index is 813. The van der Waals surface area contributed by atoms with E-state index in [2.05, 4.69) is 10.6 Å². The minimum Gasteiger partial charge on any atom is -0.497 e. The van der Waals surface area contributed by atoms with Crippen molar-refractivity contribution >= 4 is 17.5 Å². The van der Waals surface area contributed by atoms with Gasteiger partial charge >= 0.3 is 0 Å². The Hall–Kier alpha value is -2.89. The van der Waals surface area contributed by atoms with Crippen molar-refractivity contribution < 1.29 is 18.7 Å². The summed E-state index contributed by atoms with van der Waals surface area (Å²) in [6.07, 6.45) is 3.55. The van der Waals surface area contributed by atoms with Crippen LogP contribution in [0.3, 0.4) is 0 Å². The van der Waals surface area contributed by atoms with Gasteiger partial charge in [-0.3, -0.25) is 9.59 Å². The molecule has 0 atom stereocenters. The number of methoxy groups -OCH3 is 1. The van der Waals surface area contributed by atoms with E-state index in [-0.39, 0.29) is 29.5 Å². The minimum absolute atomic E-state index is 0.0410. The van der Waals surface area contributed by atoms with Crippen LogP contribution in [-0.4, -0.2) is 25.5 Å². The third-order valence-electron chi connectivity index (χ3n) is 5.45. The normalized spacial score (nSPS) is 18.7. The highest BCUT2D eigenvalue weighted by atomic mass is 19.1. The number of hydrogen-bond donors (Lipinski definition) is 2. The van der Waals surface area contributed by atoms with Crippen molar-refractivity contribution in [3.8, 4) is 5.75 Å². The number of benzene rings is 2. The number of amides is 2. The highest BCUT2D eigenvalue weighted by Crippen LogP contribution is 2.30. The molecule has 1 aliphatic rings. The molecular weight excluding hydrogens is 371 g/mol. The number of carbonyl (C=O) groups is 2. The van der Waals surface area contributed by atoms with Crippen LogP contribution in [0.2, 0.25) is 0 Å². The topological polar surface area (TPSA) is 67.4 Å². The van der Waals surface area contributed by atoms with E-state index in [4.69, 9.17) is 4.74 Å². The summed E-state index contributed by atoms with van der Waals surface area (Å²) >= 11 is 0. The van der Waals surface area contributed by atoms with Gasteiger partial charge in [0.2, 0.25) is 11.8 Å². The first kappa shape index (κ1) is 20.8. The molecule has 1 saturated carbocycles. The van der Waals surface area contributed by atoms with Gasteiger partial charge in [0.15, 0.2) is 0 Å².